The number of phenolic OH excluding ortho intramolecular Hbond substituents is 6. The van der Waals surface area contributed by atoms with Crippen molar-refractivity contribution in [1.82, 2.24) is 0 Å². The molecule has 0 saturated heterocycles. The highest BCUT2D eigenvalue weighted by Gasteiger charge is 2.41. The van der Waals surface area contributed by atoms with Crippen molar-refractivity contribution in [2.75, 3.05) is 0 Å². The molecule has 0 aliphatic heterocycles. The van der Waals surface area contributed by atoms with Gasteiger partial charge in [0.25, 0.3) is 0 Å². The number of hydrogen-bond acceptors (Lipinski definition) is 8. The van der Waals surface area contributed by atoms with Gasteiger partial charge in [-0.15, -0.1) is 12.2 Å². The topological polar surface area (TPSA) is 168 Å². The van der Waals surface area contributed by atoms with Crippen molar-refractivity contribution in [3.05, 3.63) is 35.4 Å². The van der Waals surface area contributed by atoms with Crippen molar-refractivity contribution < 1.29 is 40.9 Å². The van der Waals surface area contributed by atoms with Crippen LogP contribution in [0.25, 0.3) is 0 Å². The van der Waals surface area contributed by atoms with Gasteiger partial charge in [-0.2, -0.15) is 0 Å². The van der Waals surface area contributed by atoms with Gasteiger partial charge in [-0.1, -0.05) is 12.1 Å². The van der Waals surface area contributed by atoms with Gasteiger partial charge in [0.05, 0.1) is 0 Å². The summed E-state index contributed by atoms with van der Waals surface area (Å²) >= 11 is 0. The molecule has 0 atom stereocenters. The van der Waals surface area contributed by atoms with Gasteiger partial charge in [0.2, 0.25) is 11.5 Å². The molecule has 128 valence electrons. The van der Waals surface area contributed by atoms with Crippen molar-refractivity contribution >= 4 is 0 Å². The zero-order chi connectivity index (χ0) is 17.8. The van der Waals surface area contributed by atoms with Gasteiger partial charge >= 0.3 is 0 Å². The molecule has 0 unspecified atom stereocenters. The molecular weight excluding hydrogens is 320 g/mol. The smallest absolute Gasteiger partial charge is 0.200 e. The molecule has 1 saturated carbocycles. The predicted molar refractivity (Wildman–Crippen MR) is 75.9 cm³/mol. The Morgan fingerprint density at radius 2 is 0.875 bits per heavy atom. The number of hydrogen-bond donors (Lipinski definition) is 6. The summed E-state index contributed by atoms with van der Waals surface area (Å²) in [6.07, 6.45) is -3.12. The van der Waals surface area contributed by atoms with Gasteiger partial charge in [-0.3, -0.25) is 0 Å². The van der Waals surface area contributed by atoms with Crippen LogP contribution in [0, 0.1) is 0 Å². The van der Waals surface area contributed by atoms with E-state index in [0.29, 0.717) is 0 Å². The minimum atomic E-state index is -1.56. The zero-order valence-electron chi connectivity index (χ0n) is 12.1. The van der Waals surface area contributed by atoms with E-state index in [1.807, 2.05) is 0 Å². The Morgan fingerprint density at radius 1 is 0.542 bits per heavy atom. The summed E-state index contributed by atoms with van der Waals surface area (Å²) < 4.78 is 0. The van der Waals surface area contributed by atoms with Crippen molar-refractivity contribution in [3.63, 3.8) is 0 Å². The number of aromatic hydroxyl groups is 6. The van der Waals surface area contributed by atoms with Crippen LogP contribution in [-0.4, -0.2) is 42.8 Å². The van der Waals surface area contributed by atoms with Crippen LogP contribution in [0.1, 0.15) is 23.0 Å². The summed E-state index contributed by atoms with van der Waals surface area (Å²) in [6, 6.07) is 4.46. The minimum absolute atomic E-state index is 0.0935. The van der Waals surface area contributed by atoms with Gasteiger partial charge in [0, 0.05) is 0 Å². The Kier molecular flexibility index (Phi) is 3.58. The first-order chi connectivity index (χ1) is 11.3. The standard InChI is InChI=1S/C16H14O8/c17-7-3-1-5(11(19)13(7)21)9-15(23)10(16(9)24)6-2-4-8(18)14(22)12(6)20/h1-4,9-10,15-22H/q-2. The number of rotatable bonds is 2. The van der Waals surface area contributed by atoms with Crippen LogP contribution in [0.5, 0.6) is 34.5 Å². The molecule has 3 rings (SSSR count). The van der Waals surface area contributed by atoms with Crippen molar-refractivity contribution in [1.29, 1.82) is 0 Å². The highest BCUT2D eigenvalue weighted by atomic mass is 16.3. The molecule has 24 heavy (non-hydrogen) atoms. The largest absolute Gasteiger partial charge is 0.851 e. The molecule has 8 nitrogen and oxygen atoms in total. The summed E-state index contributed by atoms with van der Waals surface area (Å²) in [4.78, 5) is 0. The Balaban J connectivity index is 1.96. The first-order valence-electron chi connectivity index (χ1n) is 7.05. The molecule has 0 spiro atoms. The van der Waals surface area contributed by atoms with Gasteiger partial charge in [-0.25, -0.2) is 0 Å². The van der Waals surface area contributed by atoms with E-state index in [-0.39, 0.29) is 11.1 Å². The molecule has 1 aliphatic rings. The van der Waals surface area contributed by atoms with E-state index in [1.165, 1.54) is 12.1 Å². The SMILES string of the molecule is [O-]C1C(c2ccc(O)c(O)c2O)C([O-])C1c1ccc(O)c(O)c1O. The maximum atomic E-state index is 12.4. The second kappa shape index (κ2) is 5.36. The highest BCUT2D eigenvalue weighted by molar-refractivity contribution is 5.58. The normalized spacial score (nSPS) is 26.1. The lowest BCUT2D eigenvalue weighted by Crippen LogP contribution is -2.63. The maximum Gasteiger partial charge on any atom is 0.200 e. The fourth-order valence-corrected chi connectivity index (χ4v) is 3.09. The summed E-state index contributed by atoms with van der Waals surface area (Å²) in [7, 11) is 0. The van der Waals surface area contributed by atoms with Crippen LogP contribution in [0.2, 0.25) is 0 Å². The van der Waals surface area contributed by atoms with Crippen molar-refractivity contribution in [3.8, 4) is 34.5 Å². The summed E-state index contributed by atoms with van der Waals surface area (Å²) in [5.41, 5.74) is -0.187. The van der Waals surface area contributed by atoms with E-state index in [0.717, 1.165) is 12.1 Å². The first-order valence-corrected chi connectivity index (χ1v) is 7.05. The van der Waals surface area contributed by atoms with Crippen molar-refractivity contribution in [2.45, 2.75) is 24.0 Å². The molecule has 2 aromatic rings. The van der Waals surface area contributed by atoms with Gasteiger partial charge < -0.3 is 40.9 Å². The van der Waals surface area contributed by atoms with Crippen LogP contribution < -0.4 is 10.2 Å². The Morgan fingerprint density at radius 3 is 1.21 bits per heavy atom. The molecule has 0 bridgehead atoms. The Hall–Kier alpha value is -2.84. The van der Waals surface area contributed by atoms with Crippen LogP contribution in [0.4, 0.5) is 0 Å². The van der Waals surface area contributed by atoms with E-state index in [2.05, 4.69) is 0 Å². The predicted octanol–water partition coefficient (Wildman–Crippen LogP) is -0.741. The van der Waals surface area contributed by atoms with E-state index in [1.54, 1.807) is 0 Å². The fourth-order valence-electron chi connectivity index (χ4n) is 3.09. The quantitative estimate of drug-likeness (QED) is 0.390. The average molecular weight is 334 g/mol. The molecule has 0 heterocycles. The van der Waals surface area contributed by atoms with Crippen LogP contribution in [-0.2, 0) is 0 Å². The molecule has 1 fully saturated rings. The average Bonchev–Trinajstić information content (AvgIpc) is 2.56. The lowest BCUT2D eigenvalue weighted by Gasteiger charge is -2.61. The molecule has 2 aromatic carbocycles. The monoisotopic (exact) mass is 334 g/mol. The van der Waals surface area contributed by atoms with Crippen LogP contribution >= 0.6 is 0 Å². The van der Waals surface area contributed by atoms with Gasteiger partial charge in [0.15, 0.2) is 23.0 Å². The van der Waals surface area contributed by atoms with Gasteiger partial charge in [0.1, 0.15) is 0 Å². The van der Waals surface area contributed by atoms with Crippen LogP contribution in [0.3, 0.4) is 0 Å². The lowest BCUT2D eigenvalue weighted by molar-refractivity contribution is -0.536. The first kappa shape index (κ1) is 16.0. The second-order valence-electron chi connectivity index (χ2n) is 5.72. The molecule has 6 N–H and O–H groups in total. The summed E-state index contributed by atoms with van der Waals surface area (Å²) in [5, 5.41) is 82.2. The van der Waals surface area contributed by atoms with Crippen LogP contribution in [0.15, 0.2) is 24.3 Å². The zero-order valence-corrected chi connectivity index (χ0v) is 12.1. The molecule has 8 heteroatoms. The molecular formula is C16H14O8-2. The molecule has 0 radical (unpaired) electrons. The third-order valence-corrected chi connectivity index (χ3v) is 4.46. The molecule has 0 amide bonds. The molecule has 1 aliphatic carbocycles. The summed E-state index contributed by atoms with van der Waals surface area (Å²) in [5.74, 6) is -6.68. The highest BCUT2D eigenvalue weighted by Crippen LogP contribution is 2.53. The lowest BCUT2D eigenvalue weighted by atomic mass is 9.63. The van der Waals surface area contributed by atoms with E-state index in [9.17, 15) is 40.9 Å². The second-order valence-corrected chi connectivity index (χ2v) is 5.72. The molecule has 0 aromatic heterocycles. The van der Waals surface area contributed by atoms with E-state index < -0.39 is 58.5 Å². The number of phenols is 6. The Labute approximate surface area is 135 Å². The van der Waals surface area contributed by atoms with Gasteiger partial charge in [-0.05, 0) is 35.1 Å². The maximum absolute atomic E-state index is 12.4. The third-order valence-electron chi connectivity index (χ3n) is 4.46. The van der Waals surface area contributed by atoms with E-state index in [4.69, 9.17) is 0 Å². The fraction of sp³-hybridized carbons (Fsp3) is 0.250. The third kappa shape index (κ3) is 2.08. The summed E-state index contributed by atoms with van der Waals surface area (Å²) in [6.45, 7) is 0. The number of benzene rings is 2. The van der Waals surface area contributed by atoms with E-state index >= 15 is 0 Å². The van der Waals surface area contributed by atoms with Crippen molar-refractivity contribution in [2.24, 2.45) is 0 Å². The Bertz CT molecular complexity index is 728. The minimum Gasteiger partial charge on any atom is -0.851 e.